The van der Waals surface area contributed by atoms with Gasteiger partial charge < -0.3 is 5.11 Å². The molecular weight excluding hydrogens is 275 g/mol. The van der Waals surface area contributed by atoms with E-state index in [9.17, 15) is 8.42 Å². The Morgan fingerprint density at radius 1 is 1.44 bits per heavy atom. The molecule has 0 fully saturated rings. The van der Waals surface area contributed by atoms with E-state index >= 15 is 0 Å². The molecule has 0 bridgehead atoms. The summed E-state index contributed by atoms with van der Waals surface area (Å²) < 4.78 is 25.6. The molecule has 0 spiro atoms. The van der Waals surface area contributed by atoms with Gasteiger partial charge in [0.1, 0.15) is 10.0 Å². The first-order valence-corrected chi connectivity index (χ1v) is 6.63. The first-order valence-electron chi connectivity index (χ1n) is 4.39. The van der Waals surface area contributed by atoms with Crippen molar-refractivity contribution in [3.05, 3.63) is 22.4 Å². The maximum atomic E-state index is 11.6. The summed E-state index contributed by atoms with van der Waals surface area (Å²) in [5.41, 5.74) is 0. The molecule has 0 aliphatic rings. The van der Waals surface area contributed by atoms with E-state index in [2.05, 4.69) is 9.71 Å². The molecule has 0 unspecified atom stereocenters. The first kappa shape index (κ1) is 13.7. The first-order chi connectivity index (χ1) is 7.47. The van der Waals surface area contributed by atoms with Gasteiger partial charge in [-0.1, -0.05) is 23.2 Å². The van der Waals surface area contributed by atoms with Crippen LogP contribution in [0.1, 0.15) is 6.42 Å². The van der Waals surface area contributed by atoms with Gasteiger partial charge >= 0.3 is 0 Å². The van der Waals surface area contributed by atoms with Gasteiger partial charge in [0, 0.05) is 19.3 Å². The molecule has 1 aromatic rings. The average Bonchev–Trinajstić information content (AvgIpc) is 2.22. The summed E-state index contributed by atoms with van der Waals surface area (Å²) in [7, 11) is -3.64. The fraction of sp³-hybridized carbons (Fsp3) is 0.375. The molecule has 0 aliphatic carbocycles. The van der Waals surface area contributed by atoms with Crippen LogP contribution in [-0.2, 0) is 10.0 Å². The number of aliphatic hydroxyl groups is 1. The van der Waals surface area contributed by atoms with Gasteiger partial charge in [-0.05, 0) is 12.5 Å². The highest BCUT2D eigenvalue weighted by molar-refractivity contribution is 7.89. The average molecular weight is 285 g/mol. The van der Waals surface area contributed by atoms with E-state index in [4.69, 9.17) is 28.3 Å². The minimum absolute atomic E-state index is 0.0518. The second-order valence-electron chi connectivity index (χ2n) is 2.92. The van der Waals surface area contributed by atoms with E-state index in [1.165, 1.54) is 6.07 Å². The minimum atomic E-state index is -3.64. The number of aromatic nitrogens is 1. The van der Waals surface area contributed by atoms with Gasteiger partial charge in [-0.25, -0.2) is 18.1 Å². The summed E-state index contributed by atoms with van der Waals surface area (Å²) in [6.45, 7) is 0.0707. The van der Waals surface area contributed by atoms with E-state index in [0.29, 0.717) is 6.42 Å². The largest absolute Gasteiger partial charge is 0.396 e. The number of aliphatic hydroxyl groups excluding tert-OH is 1. The number of nitrogens with one attached hydrogen (secondary N) is 1. The Labute approximate surface area is 103 Å². The lowest BCUT2D eigenvalue weighted by Crippen LogP contribution is -2.25. The topological polar surface area (TPSA) is 79.3 Å². The Bertz CT molecular complexity index is 464. The summed E-state index contributed by atoms with van der Waals surface area (Å²) in [4.78, 5) is 3.58. The highest BCUT2D eigenvalue weighted by Crippen LogP contribution is 2.21. The highest BCUT2D eigenvalue weighted by Gasteiger charge is 2.15. The molecule has 1 rings (SSSR count). The number of rotatable bonds is 5. The molecule has 8 heteroatoms. The third kappa shape index (κ3) is 3.57. The number of hydrogen-bond donors (Lipinski definition) is 2. The van der Waals surface area contributed by atoms with E-state index in [1.807, 2.05) is 0 Å². The monoisotopic (exact) mass is 284 g/mol. The van der Waals surface area contributed by atoms with Crippen molar-refractivity contribution in [1.82, 2.24) is 9.71 Å². The number of hydrogen-bond acceptors (Lipinski definition) is 4. The lowest BCUT2D eigenvalue weighted by Gasteiger charge is -2.06. The van der Waals surface area contributed by atoms with Crippen molar-refractivity contribution in [1.29, 1.82) is 0 Å². The fourth-order valence-corrected chi connectivity index (χ4v) is 2.30. The zero-order valence-electron chi connectivity index (χ0n) is 8.15. The van der Waals surface area contributed by atoms with Crippen LogP contribution in [0.3, 0.4) is 0 Å². The SMILES string of the molecule is O=S(=O)(NCCCO)c1cnc(Cl)c(Cl)c1. The number of halogens is 2. The number of nitrogens with zero attached hydrogens (tertiary/aromatic N) is 1. The van der Waals surface area contributed by atoms with Gasteiger partial charge in [-0.3, -0.25) is 0 Å². The normalized spacial score (nSPS) is 11.7. The maximum absolute atomic E-state index is 11.6. The quantitative estimate of drug-likeness (QED) is 0.626. The van der Waals surface area contributed by atoms with Crippen molar-refractivity contribution in [2.24, 2.45) is 0 Å². The standard InChI is InChI=1S/C8H10Cl2N2O3S/c9-7-4-6(5-11-8(7)10)16(14,15)12-2-1-3-13/h4-5,12-13H,1-3H2. The summed E-state index contributed by atoms with van der Waals surface area (Å²) in [5, 5.41) is 8.66. The molecule has 0 amide bonds. The molecule has 0 aromatic carbocycles. The zero-order chi connectivity index (χ0) is 12.2. The summed E-state index contributed by atoms with van der Waals surface area (Å²) in [6, 6.07) is 1.22. The lowest BCUT2D eigenvalue weighted by molar-refractivity contribution is 0.289. The Morgan fingerprint density at radius 2 is 2.12 bits per heavy atom. The van der Waals surface area contributed by atoms with Crippen LogP contribution in [0.2, 0.25) is 10.2 Å². The molecule has 16 heavy (non-hydrogen) atoms. The van der Waals surface area contributed by atoms with Crippen LogP contribution in [0.4, 0.5) is 0 Å². The third-order valence-electron chi connectivity index (χ3n) is 1.71. The van der Waals surface area contributed by atoms with Crippen molar-refractivity contribution >= 4 is 33.2 Å². The van der Waals surface area contributed by atoms with Crippen LogP contribution in [0.5, 0.6) is 0 Å². The van der Waals surface area contributed by atoms with Gasteiger partial charge in [0.15, 0.2) is 0 Å². The summed E-state index contributed by atoms with van der Waals surface area (Å²) in [6.07, 6.45) is 1.46. The molecule has 0 radical (unpaired) electrons. The van der Waals surface area contributed by atoms with Gasteiger partial charge in [0.05, 0.1) is 5.02 Å². The van der Waals surface area contributed by atoms with E-state index in [1.54, 1.807) is 0 Å². The van der Waals surface area contributed by atoms with Crippen LogP contribution in [0, 0.1) is 0 Å². The van der Waals surface area contributed by atoms with Crippen molar-refractivity contribution in [3.63, 3.8) is 0 Å². The second kappa shape index (κ2) is 5.79. The molecule has 1 aromatic heterocycles. The van der Waals surface area contributed by atoms with Gasteiger partial charge in [0.25, 0.3) is 0 Å². The molecule has 1 heterocycles. The van der Waals surface area contributed by atoms with E-state index in [0.717, 1.165) is 6.20 Å². The van der Waals surface area contributed by atoms with Crippen LogP contribution >= 0.6 is 23.2 Å². The number of sulfonamides is 1. The minimum Gasteiger partial charge on any atom is -0.396 e. The Hall–Kier alpha value is -0.400. The Balaban J connectivity index is 2.86. The zero-order valence-corrected chi connectivity index (χ0v) is 10.5. The van der Waals surface area contributed by atoms with Crippen LogP contribution in [0.15, 0.2) is 17.2 Å². The second-order valence-corrected chi connectivity index (χ2v) is 5.45. The van der Waals surface area contributed by atoms with Gasteiger partial charge in [-0.2, -0.15) is 0 Å². The molecule has 5 nitrogen and oxygen atoms in total. The lowest BCUT2D eigenvalue weighted by atomic mass is 10.5. The maximum Gasteiger partial charge on any atom is 0.242 e. The van der Waals surface area contributed by atoms with Crippen molar-refractivity contribution < 1.29 is 13.5 Å². The van der Waals surface area contributed by atoms with Crippen LogP contribution < -0.4 is 4.72 Å². The van der Waals surface area contributed by atoms with Crippen LogP contribution in [0.25, 0.3) is 0 Å². The molecule has 0 saturated heterocycles. The summed E-state index contributed by atoms with van der Waals surface area (Å²) >= 11 is 11.2. The Morgan fingerprint density at radius 3 is 2.69 bits per heavy atom. The van der Waals surface area contributed by atoms with Crippen molar-refractivity contribution in [2.75, 3.05) is 13.2 Å². The Kier molecular flexibility index (Phi) is 4.94. The van der Waals surface area contributed by atoms with E-state index in [-0.39, 0.29) is 28.2 Å². The van der Waals surface area contributed by atoms with Crippen LogP contribution in [-0.4, -0.2) is 31.7 Å². The van der Waals surface area contributed by atoms with Crippen molar-refractivity contribution in [2.45, 2.75) is 11.3 Å². The molecule has 90 valence electrons. The molecule has 0 atom stereocenters. The molecule has 2 N–H and O–H groups in total. The smallest absolute Gasteiger partial charge is 0.242 e. The van der Waals surface area contributed by atoms with E-state index < -0.39 is 10.0 Å². The van der Waals surface area contributed by atoms with Gasteiger partial charge in [0.2, 0.25) is 10.0 Å². The number of pyridine rings is 1. The van der Waals surface area contributed by atoms with Crippen molar-refractivity contribution in [3.8, 4) is 0 Å². The highest BCUT2D eigenvalue weighted by atomic mass is 35.5. The summed E-state index contributed by atoms with van der Waals surface area (Å²) in [5.74, 6) is 0. The third-order valence-corrected chi connectivity index (χ3v) is 3.82. The molecular formula is C8H10Cl2N2O3S. The predicted octanol–water partition coefficient (Wildman–Crippen LogP) is 1.05. The predicted molar refractivity (Wildman–Crippen MR) is 61.1 cm³/mol. The molecule has 0 saturated carbocycles. The fourth-order valence-electron chi connectivity index (χ4n) is 0.920. The molecule has 0 aliphatic heterocycles. The van der Waals surface area contributed by atoms with Gasteiger partial charge in [-0.15, -0.1) is 0 Å².